The number of fused-ring (bicyclic) bond motifs is 3. The molecule has 0 aliphatic carbocycles. The molecule has 3 heterocycles. The molecule has 3 nitrogen and oxygen atoms in total. The molecule has 1 aliphatic heterocycles. The van der Waals surface area contributed by atoms with Crippen LogP contribution in [-0.2, 0) is 10.8 Å². The third-order valence-electron chi connectivity index (χ3n) is 10.0. The van der Waals surface area contributed by atoms with E-state index in [1.54, 1.807) is 0 Å². The van der Waals surface area contributed by atoms with E-state index in [4.69, 9.17) is 14.7 Å². The molecular weight excluding hydrogens is 673 g/mol. The summed E-state index contributed by atoms with van der Waals surface area (Å²) >= 11 is -2.08. The maximum absolute atomic E-state index is 6.67. The van der Waals surface area contributed by atoms with Gasteiger partial charge in [-0.3, -0.25) is 4.98 Å². The third-order valence-corrected chi connectivity index (χ3v) is 16.3. The van der Waals surface area contributed by atoms with Crippen LogP contribution in [0, 0.1) is 0 Å². The predicted molar refractivity (Wildman–Crippen MR) is 217 cm³/mol. The Balaban J connectivity index is 1.45. The molecule has 0 bridgehead atoms. The van der Waals surface area contributed by atoms with Crippen LogP contribution in [0.1, 0.15) is 52.8 Å². The molecule has 0 atom stereocenters. The van der Waals surface area contributed by atoms with Crippen LogP contribution in [0.3, 0.4) is 0 Å². The molecule has 0 saturated heterocycles. The summed E-state index contributed by atoms with van der Waals surface area (Å²) in [6.45, 7) is 21.0. The van der Waals surface area contributed by atoms with Gasteiger partial charge in [0, 0.05) is 11.1 Å². The minimum absolute atomic E-state index is 0.0128. The maximum atomic E-state index is 6.67. The SMILES string of the molecule is CC(C)(C)c1cc(-c2cc([Si](C)(C)C)c3cccc(-c4ccc5c(c4)-c4nccc6c[c]([Ge]([CH3])([CH3])[CH3])cc(c46)O5)c3c2)nc(C(C)(C)C)c1. The first-order valence-electron chi connectivity index (χ1n) is 17.7. The average Bonchev–Trinajstić information content (AvgIpc) is 3.02. The van der Waals surface area contributed by atoms with Crippen molar-refractivity contribution in [3.63, 3.8) is 0 Å². The molecule has 49 heavy (non-hydrogen) atoms. The Morgan fingerprint density at radius 1 is 0.673 bits per heavy atom. The molecule has 0 unspecified atom stereocenters. The minimum Gasteiger partial charge on any atom is -0.252 e. The summed E-state index contributed by atoms with van der Waals surface area (Å²) in [7, 11) is -1.75. The minimum atomic E-state index is -2.08. The summed E-state index contributed by atoms with van der Waals surface area (Å²) in [5, 5.41) is 6.39. The van der Waals surface area contributed by atoms with Gasteiger partial charge in [-0.05, 0) is 23.1 Å². The van der Waals surface area contributed by atoms with Gasteiger partial charge in [-0.15, -0.1) is 0 Å². The molecule has 4 aromatic carbocycles. The number of ether oxygens (including phenoxy) is 1. The Morgan fingerprint density at radius 3 is 2.10 bits per heavy atom. The first-order chi connectivity index (χ1) is 22.8. The standard InChI is InChI=1S/C44H50GeN2OSi/c1-43(2,3)30-24-36(47-40(25-30)44(4,5)6)29-22-34-32(14-13-15-33(34)39(23-29)49(10,11)12)27-16-17-37-35(21-27)42-41-28(18-19-46-42)20-31(45(7,8)9)26-38(41)48-37/h13-26H,1-12H3. The van der Waals surface area contributed by atoms with Crippen LogP contribution >= 0.6 is 0 Å². The fourth-order valence-corrected chi connectivity index (χ4v) is 11.0. The van der Waals surface area contributed by atoms with Crippen molar-refractivity contribution in [1.29, 1.82) is 0 Å². The van der Waals surface area contributed by atoms with E-state index in [2.05, 4.69) is 157 Å². The van der Waals surface area contributed by atoms with E-state index in [-0.39, 0.29) is 10.8 Å². The van der Waals surface area contributed by atoms with E-state index in [0.717, 1.165) is 39.5 Å². The second-order valence-corrected chi connectivity index (χ2v) is 33.8. The summed E-state index contributed by atoms with van der Waals surface area (Å²) < 4.78 is 8.11. The van der Waals surface area contributed by atoms with Crippen molar-refractivity contribution in [3.05, 3.63) is 96.3 Å². The van der Waals surface area contributed by atoms with E-state index < -0.39 is 21.3 Å². The summed E-state index contributed by atoms with van der Waals surface area (Å²) in [6.07, 6.45) is 1.96. The number of benzene rings is 4. The van der Waals surface area contributed by atoms with Crippen LogP contribution < -0.4 is 14.3 Å². The van der Waals surface area contributed by atoms with Crippen molar-refractivity contribution in [1.82, 2.24) is 9.97 Å². The molecule has 1 aliphatic rings. The van der Waals surface area contributed by atoms with Crippen LogP contribution in [0.15, 0.2) is 85.1 Å². The van der Waals surface area contributed by atoms with Gasteiger partial charge < -0.3 is 0 Å². The topological polar surface area (TPSA) is 35.0 Å². The van der Waals surface area contributed by atoms with Crippen LogP contribution in [0.2, 0.25) is 36.9 Å². The van der Waals surface area contributed by atoms with Gasteiger partial charge in [-0.25, -0.2) is 0 Å². The molecule has 0 N–H and O–H groups in total. The van der Waals surface area contributed by atoms with E-state index in [9.17, 15) is 0 Å². The number of hydrogen-bond donors (Lipinski definition) is 0. The van der Waals surface area contributed by atoms with Crippen molar-refractivity contribution >= 4 is 52.5 Å². The van der Waals surface area contributed by atoms with Gasteiger partial charge in [0.2, 0.25) is 0 Å². The van der Waals surface area contributed by atoms with Gasteiger partial charge in [0.15, 0.2) is 0 Å². The zero-order chi connectivity index (χ0) is 35.3. The Hall–Kier alpha value is -3.74. The number of nitrogens with zero attached hydrogens (tertiary/aromatic N) is 2. The van der Waals surface area contributed by atoms with Gasteiger partial charge >= 0.3 is 178 Å². The van der Waals surface area contributed by atoms with Gasteiger partial charge in [-0.1, -0.05) is 67.2 Å². The second kappa shape index (κ2) is 11.4. The number of aromatic nitrogens is 2. The Morgan fingerprint density at radius 2 is 1.43 bits per heavy atom. The van der Waals surface area contributed by atoms with E-state index >= 15 is 0 Å². The molecule has 7 rings (SSSR count). The van der Waals surface area contributed by atoms with Crippen LogP contribution in [0.25, 0.3) is 55.2 Å². The van der Waals surface area contributed by atoms with E-state index in [0.29, 0.717) is 0 Å². The maximum Gasteiger partial charge on any atom is 0.0467 e. The summed E-state index contributed by atoms with van der Waals surface area (Å²) in [4.78, 5) is 10.3. The quantitative estimate of drug-likeness (QED) is 0.170. The zero-order valence-corrected chi connectivity index (χ0v) is 34.5. The fourth-order valence-electron chi connectivity index (χ4n) is 6.99. The van der Waals surface area contributed by atoms with Crippen molar-refractivity contribution in [2.24, 2.45) is 0 Å². The van der Waals surface area contributed by atoms with E-state index in [1.807, 2.05) is 6.20 Å². The first kappa shape index (κ1) is 33.7. The third kappa shape index (κ3) is 6.16. The second-order valence-electron chi connectivity index (χ2n) is 18.1. The largest absolute Gasteiger partial charge is 0.252 e. The van der Waals surface area contributed by atoms with Crippen molar-refractivity contribution in [2.75, 3.05) is 0 Å². The Kier molecular flexibility index (Phi) is 7.85. The van der Waals surface area contributed by atoms with Gasteiger partial charge in [0.05, 0.1) is 13.8 Å². The molecule has 6 aromatic rings. The average molecular weight is 724 g/mol. The molecule has 5 heteroatoms. The molecule has 0 saturated carbocycles. The smallest absolute Gasteiger partial charge is 0.0467 e. The summed E-state index contributed by atoms with van der Waals surface area (Å²) in [5.41, 5.74) is 9.09. The normalized spacial score (nSPS) is 13.5. The van der Waals surface area contributed by atoms with Crippen LogP contribution in [0.5, 0.6) is 11.5 Å². The molecule has 0 spiro atoms. The van der Waals surface area contributed by atoms with Gasteiger partial charge in [0.25, 0.3) is 0 Å². The zero-order valence-electron chi connectivity index (χ0n) is 31.4. The molecule has 2 aromatic heterocycles. The van der Waals surface area contributed by atoms with Crippen LogP contribution in [-0.4, -0.2) is 31.3 Å². The summed E-state index contributed by atoms with van der Waals surface area (Å²) in [6, 6.07) is 29.7. The molecule has 250 valence electrons. The number of rotatable bonds is 4. The van der Waals surface area contributed by atoms with Crippen molar-refractivity contribution < 1.29 is 4.74 Å². The van der Waals surface area contributed by atoms with Gasteiger partial charge in [0.1, 0.15) is 0 Å². The van der Waals surface area contributed by atoms with Crippen molar-refractivity contribution in [2.45, 2.75) is 89.3 Å². The Bertz CT molecular complexity index is 2260. The molecular formula is C44H50GeN2OSi. The molecule has 0 radical (unpaired) electrons. The number of pyridine rings is 2. The molecule has 0 fully saturated rings. The first-order valence-corrected chi connectivity index (χ1v) is 28.5. The monoisotopic (exact) mass is 724 g/mol. The number of hydrogen-bond acceptors (Lipinski definition) is 3. The van der Waals surface area contributed by atoms with Crippen LogP contribution in [0.4, 0.5) is 0 Å². The summed E-state index contributed by atoms with van der Waals surface area (Å²) in [5.74, 6) is 9.11. The van der Waals surface area contributed by atoms with E-state index in [1.165, 1.54) is 48.0 Å². The predicted octanol–water partition coefficient (Wildman–Crippen LogP) is 11.6. The Labute approximate surface area is 296 Å². The van der Waals surface area contributed by atoms with Gasteiger partial charge in [-0.2, -0.15) is 0 Å². The van der Waals surface area contributed by atoms with Crippen molar-refractivity contribution in [3.8, 4) is 45.1 Å². The fraction of sp³-hybridized carbons (Fsp3) is 0.318. The molecule has 0 amide bonds.